The maximum atomic E-state index is 12.4. The summed E-state index contributed by atoms with van der Waals surface area (Å²) in [5, 5.41) is 9.13. The molecular weight excluding hydrogens is 270 g/mol. The van der Waals surface area contributed by atoms with Gasteiger partial charge in [0.25, 0.3) is 5.91 Å². The van der Waals surface area contributed by atoms with Crippen molar-refractivity contribution < 1.29 is 14.7 Å². The Kier molecular flexibility index (Phi) is 3.29. The normalized spacial score (nSPS) is 21.7. The number of carboxylic acids is 1. The molecule has 1 amide bonds. The van der Waals surface area contributed by atoms with E-state index in [1.165, 1.54) is 6.20 Å². The van der Waals surface area contributed by atoms with Crippen LogP contribution in [0.2, 0.25) is 0 Å². The first-order valence-corrected chi connectivity index (χ1v) is 6.80. The van der Waals surface area contributed by atoms with Gasteiger partial charge in [-0.25, -0.2) is 4.98 Å². The summed E-state index contributed by atoms with van der Waals surface area (Å²) in [5.74, 6) is -1.69. The Labute approximate surface area is 121 Å². The van der Waals surface area contributed by atoms with Crippen molar-refractivity contribution in [2.45, 2.75) is 6.92 Å². The minimum Gasteiger partial charge on any atom is -0.481 e. The molecule has 0 bridgehead atoms. The van der Waals surface area contributed by atoms with Gasteiger partial charge in [-0.3, -0.25) is 14.6 Å². The van der Waals surface area contributed by atoms with Crippen LogP contribution < -0.4 is 0 Å². The molecule has 2 aromatic rings. The van der Waals surface area contributed by atoms with Crippen molar-refractivity contribution in [2.24, 2.45) is 11.8 Å². The van der Waals surface area contributed by atoms with Gasteiger partial charge in [-0.2, -0.15) is 0 Å². The molecule has 0 aliphatic carbocycles. The van der Waals surface area contributed by atoms with Gasteiger partial charge in [-0.1, -0.05) is 19.1 Å². The van der Waals surface area contributed by atoms with E-state index in [0.717, 1.165) is 5.52 Å². The highest BCUT2D eigenvalue weighted by Gasteiger charge is 2.37. The first kappa shape index (κ1) is 13.5. The largest absolute Gasteiger partial charge is 0.481 e. The number of fused-ring (bicyclic) bond motifs is 1. The minimum atomic E-state index is -0.859. The molecule has 0 radical (unpaired) electrons. The number of carbonyl (C=O) groups is 2. The quantitative estimate of drug-likeness (QED) is 0.902. The van der Waals surface area contributed by atoms with Crippen LogP contribution in [0.25, 0.3) is 11.0 Å². The lowest BCUT2D eigenvalue weighted by Crippen LogP contribution is -2.30. The lowest BCUT2D eigenvalue weighted by molar-refractivity contribution is -0.142. The number of aromatic nitrogens is 2. The monoisotopic (exact) mass is 285 g/mol. The zero-order chi connectivity index (χ0) is 15.0. The maximum Gasteiger partial charge on any atom is 0.308 e. The average Bonchev–Trinajstić information content (AvgIpc) is 2.88. The SMILES string of the molecule is CC1CN(C(=O)c2cnc3ccccc3n2)CC1C(=O)O. The number of carboxylic acid groups (broad SMARTS) is 1. The van der Waals surface area contributed by atoms with Gasteiger partial charge >= 0.3 is 5.97 Å². The second kappa shape index (κ2) is 5.12. The van der Waals surface area contributed by atoms with Crippen LogP contribution in [0.5, 0.6) is 0 Å². The fourth-order valence-corrected chi connectivity index (χ4v) is 2.68. The van der Waals surface area contributed by atoms with E-state index in [4.69, 9.17) is 5.11 Å². The highest BCUT2D eigenvalue weighted by atomic mass is 16.4. The van der Waals surface area contributed by atoms with Crippen LogP contribution in [0.3, 0.4) is 0 Å². The van der Waals surface area contributed by atoms with E-state index in [9.17, 15) is 9.59 Å². The number of para-hydroxylation sites is 2. The van der Waals surface area contributed by atoms with Gasteiger partial charge in [0.2, 0.25) is 0 Å². The Balaban J connectivity index is 1.86. The van der Waals surface area contributed by atoms with E-state index in [-0.39, 0.29) is 24.1 Å². The van der Waals surface area contributed by atoms with Crippen LogP contribution in [0, 0.1) is 11.8 Å². The second-order valence-electron chi connectivity index (χ2n) is 5.38. The highest BCUT2D eigenvalue weighted by Crippen LogP contribution is 2.24. The first-order chi connectivity index (χ1) is 10.1. The van der Waals surface area contributed by atoms with E-state index in [2.05, 4.69) is 9.97 Å². The topological polar surface area (TPSA) is 83.4 Å². The summed E-state index contributed by atoms with van der Waals surface area (Å²) < 4.78 is 0. The summed E-state index contributed by atoms with van der Waals surface area (Å²) in [7, 11) is 0. The third kappa shape index (κ3) is 2.44. The first-order valence-electron chi connectivity index (χ1n) is 6.80. The Bertz CT molecular complexity index is 716. The number of rotatable bonds is 2. The standard InChI is InChI=1S/C15H15N3O3/c1-9-7-18(8-10(9)15(20)21)14(19)13-6-16-11-4-2-3-5-12(11)17-13/h2-6,9-10H,7-8H2,1H3,(H,20,21). The van der Waals surface area contributed by atoms with E-state index in [0.29, 0.717) is 12.1 Å². The van der Waals surface area contributed by atoms with Gasteiger partial charge < -0.3 is 10.0 Å². The van der Waals surface area contributed by atoms with Gasteiger partial charge in [-0.15, -0.1) is 0 Å². The van der Waals surface area contributed by atoms with Crippen LogP contribution in [-0.2, 0) is 4.79 Å². The van der Waals surface area contributed by atoms with Crippen LogP contribution >= 0.6 is 0 Å². The molecule has 1 aromatic heterocycles. The van der Waals surface area contributed by atoms with Crippen molar-refractivity contribution in [1.82, 2.24) is 14.9 Å². The molecule has 1 fully saturated rings. The molecule has 2 heterocycles. The molecule has 1 aromatic carbocycles. The Morgan fingerprint density at radius 1 is 1.24 bits per heavy atom. The number of hydrogen-bond acceptors (Lipinski definition) is 4. The smallest absolute Gasteiger partial charge is 0.308 e. The molecule has 2 unspecified atom stereocenters. The predicted octanol–water partition coefficient (Wildman–Crippen LogP) is 1.42. The third-order valence-corrected chi connectivity index (χ3v) is 3.88. The van der Waals surface area contributed by atoms with E-state index in [1.807, 2.05) is 25.1 Å². The van der Waals surface area contributed by atoms with Crippen LogP contribution in [0.15, 0.2) is 30.5 Å². The summed E-state index contributed by atoms with van der Waals surface area (Å²) in [6.45, 7) is 2.51. The van der Waals surface area contributed by atoms with E-state index >= 15 is 0 Å². The lowest BCUT2D eigenvalue weighted by Gasteiger charge is -2.15. The molecule has 3 rings (SSSR count). The summed E-state index contributed by atoms with van der Waals surface area (Å²) >= 11 is 0. The Morgan fingerprint density at radius 3 is 2.62 bits per heavy atom. The molecule has 0 saturated carbocycles. The summed E-state index contributed by atoms with van der Waals surface area (Å²) in [4.78, 5) is 33.6. The highest BCUT2D eigenvalue weighted by molar-refractivity contribution is 5.94. The maximum absolute atomic E-state index is 12.4. The van der Waals surface area contributed by atoms with E-state index < -0.39 is 11.9 Å². The van der Waals surface area contributed by atoms with Crippen molar-refractivity contribution in [3.63, 3.8) is 0 Å². The molecule has 1 saturated heterocycles. The van der Waals surface area contributed by atoms with Gasteiger partial charge in [0, 0.05) is 13.1 Å². The number of aliphatic carboxylic acids is 1. The number of hydrogen-bond donors (Lipinski definition) is 1. The number of amides is 1. The Hall–Kier alpha value is -2.50. The average molecular weight is 285 g/mol. The number of nitrogens with zero attached hydrogens (tertiary/aromatic N) is 3. The van der Waals surface area contributed by atoms with Crippen molar-refractivity contribution >= 4 is 22.9 Å². The van der Waals surface area contributed by atoms with Crippen LogP contribution in [0.4, 0.5) is 0 Å². The fourth-order valence-electron chi connectivity index (χ4n) is 2.68. The molecule has 1 aliphatic rings. The number of carbonyl (C=O) groups excluding carboxylic acids is 1. The molecule has 108 valence electrons. The molecule has 6 heteroatoms. The van der Waals surface area contributed by atoms with E-state index in [1.54, 1.807) is 11.0 Å². The molecule has 1 N–H and O–H groups in total. The fraction of sp³-hybridized carbons (Fsp3) is 0.333. The molecule has 1 aliphatic heterocycles. The predicted molar refractivity (Wildman–Crippen MR) is 75.7 cm³/mol. The number of benzene rings is 1. The molecule has 2 atom stereocenters. The van der Waals surface area contributed by atoms with Crippen LogP contribution in [0.1, 0.15) is 17.4 Å². The molecule has 6 nitrogen and oxygen atoms in total. The molecule has 0 spiro atoms. The van der Waals surface area contributed by atoms with Crippen molar-refractivity contribution in [3.8, 4) is 0 Å². The number of likely N-dealkylation sites (tertiary alicyclic amines) is 1. The third-order valence-electron chi connectivity index (χ3n) is 3.88. The van der Waals surface area contributed by atoms with Crippen molar-refractivity contribution in [3.05, 3.63) is 36.2 Å². The van der Waals surface area contributed by atoms with Crippen LogP contribution in [-0.4, -0.2) is 44.9 Å². The summed E-state index contributed by atoms with van der Waals surface area (Å²) in [6.07, 6.45) is 1.45. The lowest BCUT2D eigenvalue weighted by atomic mass is 9.99. The zero-order valence-corrected chi connectivity index (χ0v) is 11.6. The minimum absolute atomic E-state index is 0.0557. The van der Waals surface area contributed by atoms with Gasteiger partial charge in [0.1, 0.15) is 5.69 Å². The zero-order valence-electron chi connectivity index (χ0n) is 11.6. The van der Waals surface area contributed by atoms with Crippen molar-refractivity contribution in [1.29, 1.82) is 0 Å². The van der Waals surface area contributed by atoms with Crippen molar-refractivity contribution in [2.75, 3.05) is 13.1 Å². The molecular formula is C15H15N3O3. The molecule has 21 heavy (non-hydrogen) atoms. The summed E-state index contributed by atoms with van der Waals surface area (Å²) in [5.41, 5.74) is 1.64. The van der Waals surface area contributed by atoms with Gasteiger partial charge in [0.15, 0.2) is 0 Å². The Morgan fingerprint density at radius 2 is 1.95 bits per heavy atom. The van der Waals surface area contributed by atoms with Gasteiger partial charge in [0.05, 0.1) is 23.1 Å². The summed E-state index contributed by atoms with van der Waals surface area (Å²) in [6, 6.07) is 7.32. The second-order valence-corrected chi connectivity index (χ2v) is 5.38. The van der Waals surface area contributed by atoms with Gasteiger partial charge in [-0.05, 0) is 18.1 Å².